The predicted octanol–water partition coefficient (Wildman–Crippen LogP) is 1.18. The second kappa shape index (κ2) is 10.2. The number of carbonyl (C=O) groups excluding carboxylic acids is 2. The summed E-state index contributed by atoms with van der Waals surface area (Å²) in [7, 11) is 0. The summed E-state index contributed by atoms with van der Waals surface area (Å²) in [5.74, 6) is -0.0159. The number of aryl methyl sites for hydroxylation is 1. The minimum atomic E-state index is -0.0294. The highest BCUT2D eigenvalue weighted by Crippen LogP contribution is 2.03. The Balaban J connectivity index is 1.69. The van der Waals surface area contributed by atoms with Crippen LogP contribution in [0.5, 0.6) is 0 Å². The Morgan fingerprint density at radius 3 is 2.48 bits per heavy atom. The average molecular weight is 347 g/mol. The van der Waals surface area contributed by atoms with Crippen LogP contribution in [0.25, 0.3) is 0 Å². The summed E-state index contributed by atoms with van der Waals surface area (Å²) in [6, 6.07) is 8.09. The number of amides is 2. The quantitative estimate of drug-likeness (QED) is 0.767. The van der Waals surface area contributed by atoms with Gasteiger partial charge in [-0.15, -0.1) is 0 Å². The number of ether oxygens (including phenoxy) is 1. The highest BCUT2D eigenvalue weighted by atomic mass is 16.5. The maximum atomic E-state index is 12.0. The first-order valence-electron chi connectivity index (χ1n) is 8.92. The van der Waals surface area contributed by atoms with E-state index in [4.69, 9.17) is 4.74 Å². The Bertz CT molecular complexity index is 554. The van der Waals surface area contributed by atoms with Gasteiger partial charge in [0, 0.05) is 52.6 Å². The lowest BCUT2D eigenvalue weighted by Crippen LogP contribution is -2.43. The first-order chi connectivity index (χ1) is 12.0. The highest BCUT2D eigenvalue weighted by Gasteiger charge is 2.15. The van der Waals surface area contributed by atoms with E-state index >= 15 is 0 Å². The third-order valence-corrected chi connectivity index (χ3v) is 4.45. The van der Waals surface area contributed by atoms with Crippen molar-refractivity contribution in [3.05, 3.63) is 35.4 Å². The van der Waals surface area contributed by atoms with E-state index in [1.54, 1.807) is 11.8 Å². The molecule has 1 N–H and O–H groups in total. The first-order valence-corrected chi connectivity index (χ1v) is 8.92. The molecule has 138 valence electrons. The molecule has 6 nitrogen and oxygen atoms in total. The molecule has 0 saturated carbocycles. The van der Waals surface area contributed by atoms with Crippen molar-refractivity contribution in [1.82, 2.24) is 15.1 Å². The van der Waals surface area contributed by atoms with Crippen molar-refractivity contribution in [2.75, 3.05) is 45.9 Å². The lowest BCUT2D eigenvalue weighted by Gasteiger charge is -2.29. The molecule has 1 aliphatic heterocycles. The van der Waals surface area contributed by atoms with Crippen molar-refractivity contribution in [2.24, 2.45) is 0 Å². The van der Waals surface area contributed by atoms with Crippen molar-refractivity contribution in [2.45, 2.75) is 26.8 Å². The molecule has 2 rings (SSSR count). The number of morpholine rings is 1. The van der Waals surface area contributed by atoms with Crippen molar-refractivity contribution in [3.8, 4) is 0 Å². The lowest BCUT2D eigenvalue weighted by atomic mass is 10.1. The largest absolute Gasteiger partial charge is 0.379 e. The van der Waals surface area contributed by atoms with Crippen LogP contribution >= 0.6 is 0 Å². The topological polar surface area (TPSA) is 61.9 Å². The molecule has 0 bridgehead atoms. The minimum Gasteiger partial charge on any atom is -0.379 e. The summed E-state index contributed by atoms with van der Waals surface area (Å²) < 4.78 is 5.33. The molecular formula is C19H29N3O3. The molecule has 1 aromatic carbocycles. The summed E-state index contributed by atoms with van der Waals surface area (Å²) in [5, 5.41) is 2.91. The molecule has 0 radical (unpaired) electrons. The summed E-state index contributed by atoms with van der Waals surface area (Å²) in [4.78, 5) is 27.9. The van der Waals surface area contributed by atoms with Gasteiger partial charge in [-0.1, -0.05) is 29.8 Å². The van der Waals surface area contributed by atoms with E-state index in [0.29, 0.717) is 26.1 Å². The number of carbonyl (C=O) groups is 2. The lowest BCUT2D eigenvalue weighted by molar-refractivity contribution is -0.130. The molecule has 1 saturated heterocycles. The molecule has 1 fully saturated rings. The molecule has 0 spiro atoms. The van der Waals surface area contributed by atoms with Crippen LogP contribution < -0.4 is 5.32 Å². The first kappa shape index (κ1) is 19.4. The molecule has 6 heteroatoms. The molecule has 1 aromatic rings. The third-order valence-electron chi connectivity index (χ3n) is 4.45. The maximum Gasteiger partial charge on any atom is 0.222 e. The smallest absolute Gasteiger partial charge is 0.222 e. The van der Waals surface area contributed by atoms with Gasteiger partial charge < -0.3 is 15.0 Å². The molecule has 0 atom stereocenters. The Kier molecular flexibility index (Phi) is 7.88. The fraction of sp³-hybridized carbons (Fsp3) is 0.579. The van der Waals surface area contributed by atoms with E-state index in [1.807, 2.05) is 31.2 Å². The number of nitrogens with one attached hydrogen (secondary N) is 1. The van der Waals surface area contributed by atoms with Gasteiger partial charge in [0.05, 0.1) is 13.2 Å². The normalized spacial score (nSPS) is 15.0. The van der Waals surface area contributed by atoms with E-state index in [-0.39, 0.29) is 11.8 Å². The van der Waals surface area contributed by atoms with Gasteiger partial charge in [-0.3, -0.25) is 14.5 Å². The number of benzene rings is 1. The van der Waals surface area contributed by atoms with Crippen molar-refractivity contribution in [1.29, 1.82) is 0 Å². The molecule has 1 aliphatic rings. The van der Waals surface area contributed by atoms with Crippen LogP contribution in [-0.4, -0.2) is 67.6 Å². The Hall–Kier alpha value is -1.92. The van der Waals surface area contributed by atoms with E-state index < -0.39 is 0 Å². The standard InChI is InChI=1S/C19H29N3O3/c1-16-3-5-18(6-4-16)15-20-19(24)7-8-22(17(2)23)10-9-21-11-13-25-14-12-21/h3-6H,7-15H2,1-2H3,(H,20,24). The fourth-order valence-corrected chi connectivity index (χ4v) is 2.75. The van der Waals surface area contributed by atoms with E-state index in [0.717, 1.165) is 38.4 Å². The summed E-state index contributed by atoms with van der Waals surface area (Å²) in [6.07, 6.45) is 0.328. The van der Waals surface area contributed by atoms with E-state index in [9.17, 15) is 9.59 Å². The predicted molar refractivity (Wildman–Crippen MR) is 97.2 cm³/mol. The SMILES string of the molecule is CC(=O)N(CCC(=O)NCc1ccc(C)cc1)CCN1CCOCC1. The van der Waals surface area contributed by atoms with Crippen LogP contribution in [0.4, 0.5) is 0 Å². The monoisotopic (exact) mass is 347 g/mol. The van der Waals surface area contributed by atoms with Crippen LogP contribution in [-0.2, 0) is 20.9 Å². The van der Waals surface area contributed by atoms with Gasteiger partial charge in [0.2, 0.25) is 11.8 Å². The van der Waals surface area contributed by atoms with E-state index in [1.165, 1.54) is 5.56 Å². The number of nitrogens with zero attached hydrogens (tertiary/aromatic N) is 2. The average Bonchev–Trinajstić information content (AvgIpc) is 2.61. The van der Waals surface area contributed by atoms with Gasteiger partial charge in [-0.25, -0.2) is 0 Å². The van der Waals surface area contributed by atoms with Gasteiger partial charge in [-0.2, -0.15) is 0 Å². The highest BCUT2D eigenvalue weighted by molar-refractivity contribution is 5.78. The fourth-order valence-electron chi connectivity index (χ4n) is 2.75. The molecule has 1 heterocycles. The molecule has 2 amide bonds. The van der Waals surface area contributed by atoms with Gasteiger partial charge in [-0.05, 0) is 12.5 Å². The van der Waals surface area contributed by atoms with Crippen LogP contribution in [0.1, 0.15) is 24.5 Å². The van der Waals surface area contributed by atoms with Crippen LogP contribution in [0.15, 0.2) is 24.3 Å². The zero-order valence-corrected chi connectivity index (χ0v) is 15.3. The molecule has 25 heavy (non-hydrogen) atoms. The van der Waals surface area contributed by atoms with E-state index in [2.05, 4.69) is 10.2 Å². The molecular weight excluding hydrogens is 318 g/mol. The molecule has 0 unspecified atom stereocenters. The van der Waals surface area contributed by atoms with Gasteiger partial charge in [0.1, 0.15) is 0 Å². The third kappa shape index (κ3) is 7.23. The minimum absolute atomic E-state index is 0.0135. The zero-order chi connectivity index (χ0) is 18.1. The van der Waals surface area contributed by atoms with Gasteiger partial charge in [0.25, 0.3) is 0 Å². The summed E-state index contributed by atoms with van der Waals surface area (Å²) >= 11 is 0. The van der Waals surface area contributed by atoms with Gasteiger partial charge in [0.15, 0.2) is 0 Å². The maximum absolute atomic E-state index is 12.0. The number of hydrogen-bond donors (Lipinski definition) is 1. The Labute approximate surface area is 150 Å². The zero-order valence-electron chi connectivity index (χ0n) is 15.3. The van der Waals surface area contributed by atoms with Crippen LogP contribution in [0.2, 0.25) is 0 Å². The second-order valence-corrected chi connectivity index (χ2v) is 6.47. The van der Waals surface area contributed by atoms with Crippen molar-refractivity contribution in [3.63, 3.8) is 0 Å². The van der Waals surface area contributed by atoms with Crippen LogP contribution in [0, 0.1) is 6.92 Å². The van der Waals surface area contributed by atoms with Crippen molar-refractivity contribution >= 4 is 11.8 Å². The molecule has 0 aliphatic carbocycles. The molecule has 0 aromatic heterocycles. The second-order valence-electron chi connectivity index (χ2n) is 6.47. The summed E-state index contributed by atoms with van der Waals surface area (Å²) in [5.41, 5.74) is 2.28. The van der Waals surface area contributed by atoms with Crippen LogP contribution in [0.3, 0.4) is 0 Å². The number of rotatable bonds is 8. The van der Waals surface area contributed by atoms with Crippen molar-refractivity contribution < 1.29 is 14.3 Å². The summed E-state index contributed by atoms with van der Waals surface area (Å²) in [6.45, 7) is 9.37. The Morgan fingerprint density at radius 1 is 1.16 bits per heavy atom. The van der Waals surface area contributed by atoms with Gasteiger partial charge >= 0.3 is 0 Å². The number of hydrogen-bond acceptors (Lipinski definition) is 4. The Morgan fingerprint density at radius 2 is 1.84 bits per heavy atom.